The molecule has 3 aromatic rings. The zero-order valence-corrected chi connectivity index (χ0v) is 18.6. The van der Waals surface area contributed by atoms with E-state index in [1.54, 1.807) is 36.4 Å². The minimum atomic E-state index is -1.41. The third-order valence-electron chi connectivity index (χ3n) is 4.76. The molecule has 2 atom stereocenters. The first-order valence-corrected chi connectivity index (χ1v) is 11.7. The van der Waals surface area contributed by atoms with Crippen LogP contribution in [0.1, 0.15) is 22.8 Å². The molecule has 8 heteroatoms. The molecule has 0 bridgehead atoms. The second kappa shape index (κ2) is 8.95. The van der Waals surface area contributed by atoms with Crippen molar-refractivity contribution in [1.82, 2.24) is 0 Å². The van der Waals surface area contributed by atoms with Crippen LogP contribution >= 0.6 is 11.8 Å². The largest absolute Gasteiger partial charge is 0.324 e. The molecule has 1 unspecified atom stereocenters. The number of hydrogen-bond donors (Lipinski definition) is 3. The van der Waals surface area contributed by atoms with Gasteiger partial charge in [-0.2, -0.15) is 0 Å². The highest BCUT2D eigenvalue weighted by Gasteiger charge is 2.23. The summed E-state index contributed by atoms with van der Waals surface area (Å²) in [7, 11) is -1.41. The Hall–Kier alpha value is -3.10. The van der Waals surface area contributed by atoms with Crippen LogP contribution < -0.4 is 15.4 Å². The lowest BCUT2D eigenvalue weighted by Crippen LogP contribution is -2.26. The van der Waals surface area contributed by atoms with Crippen LogP contribution in [-0.4, -0.2) is 21.3 Å². The zero-order valence-electron chi connectivity index (χ0n) is 17.0. The van der Waals surface area contributed by atoms with E-state index >= 15 is 0 Å². The summed E-state index contributed by atoms with van der Waals surface area (Å²) in [6.07, 6.45) is 0. The van der Waals surface area contributed by atoms with Gasteiger partial charge in [0.2, 0.25) is 5.91 Å². The molecule has 4 rings (SSSR count). The molecular formula is C23H21N3O3S2. The minimum absolute atomic E-state index is 0.0714. The maximum absolute atomic E-state index is 12.6. The van der Waals surface area contributed by atoms with Crippen molar-refractivity contribution < 1.29 is 13.8 Å². The molecule has 0 saturated carbocycles. The number of thioether (sulfide) groups is 1. The molecule has 0 saturated heterocycles. The predicted octanol–water partition coefficient (Wildman–Crippen LogP) is 4.81. The van der Waals surface area contributed by atoms with Gasteiger partial charge in [-0.05, 0) is 68.4 Å². The van der Waals surface area contributed by atoms with E-state index in [-0.39, 0.29) is 17.1 Å². The molecule has 2 amide bonds. The van der Waals surface area contributed by atoms with Crippen molar-refractivity contribution in [2.75, 3.05) is 15.4 Å². The molecule has 31 heavy (non-hydrogen) atoms. The number of carbonyl (C=O) groups is 2. The van der Waals surface area contributed by atoms with Gasteiger partial charge in [-0.3, -0.25) is 9.59 Å². The van der Waals surface area contributed by atoms with Crippen LogP contribution in [0.5, 0.6) is 0 Å². The third kappa shape index (κ3) is 4.98. The van der Waals surface area contributed by atoms with Gasteiger partial charge in [-0.25, -0.2) is 4.21 Å². The summed E-state index contributed by atoms with van der Waals surface area (Å²) in [5.74, 6) is -0.356. The molecule has 0 fully saturated rings. The van der Waals surface area contributed by atoms with E-state index in [9.17, 15) is 13.8 Å². The number of benzene rings is 3. The number of anilines is 3. The Kier molecular flexibility index (Phi) is 6.11. The Morgan fingerprint density at radius 1 is 1.00 bits per heavy atom. The van der Waals surface area contributed by atoms with Crippen LogP contribution in [0, 0.1) is 6.92 Å². The van der Waals surface area contributed by atoms with E-state index in [1.165, 1.54) is 11.8 Å². The highest BCUT2D eigenvalue weighted by molar-refractivity contribution is 8.01. The van der Waals surface area contributed by atoms with Crippen molar-refractivity contribution in [1.29, 1.82) is 0 Å². The Morgan fingerprint density at radius 2 is 1.68 bits per heavy atom. The molecule has 0 aromatic heterocycles. The Labute approximate surface area is 187 Å². The lowest BCUT2D eigenvalue weighted by Gasteiger charge is -2.21. The summed E-state index contributed by atoms with van der Waals surface area (Å²) in [4.78, 5) is 26.1. The van der Waals surface area contributed by atoms with Gasteiger partial charge in [0.25, 0.3) is 5.91 Å². The van der Waals surface area contributed by atoms with Crippen molar-refractivity contribution in [3.63, 3.8) is 0 Å². The number of amides is 2. The van der Waals surface area contributed by atoms with Crippen molar-refractivity contribution in [2.24, 2.45) is 0 Å². The average Bonchev–Trinajstić information content (AvgIpc) is 2.76. The lowest BCUT2D eigenvalue weighted by molar-refractivity contribution is -0.115. The first kappa shape index (κ1) is 21.1. The van der Waals surface area contributed by atoms with E-state index in [4.69, 9.17) is 0 Å². The molecule has 0 spiro atoms. The molecule has 1 heterocycles. The van der Waals surface area contributed by atoms with Gasteiger partial charge in [-0.1, -0.05) is 17.7 Å². The number of fused-ring (bicyclic) bond motifs is 1. The van der Waals surface area contributed by atoms with E-state index in [0.29, 0.717) is 21.8 Å². The Morgan fingerprint density at radius 3 is 2.39 bits per heavy atom. The zero-order chi connectivity index (χ0) is 22.0. The number of nitrogens with one attached hydrogen (secondary N) is 3. The summed E-state index contributed by atoms with van der Waals surface area (Å²) in [6, 6.07) is 19.7. The quantitative estimate of drug-likeness (QED) is 0.519. The minimum Gasteiger partial charge on any atom is -0.324 e. The van der Waals surface area contributed by atoms with Gasteiger partial charge in [0.05, 0.1) is 15.8 Å². The second-order valence-electron chi connectivity index (χ2n) is 7.18. The fraction of sp³-hybridized carbons (Fsp3) is 0.130. The van der Waals surface area contributed by atoms with Crippen LogP contribution in [0.3, 0.4) is 0 Å². The number of hydrogen-bond acceptors (Lipinski definition) is 4. The van der Waals surface area contributed by atoms with Crippen molar-refractivity contribution in [3.8, 4) is 0 Å². The average molecular weight is 452 g/mol. The number of aryl methyl sites for hydroxylation is 1. The van der Waals surface area contributed by atoms with Crippen LogP contribution in [0.15, 0.2) is 76.5 Å². The maximum atomic E-state index is 12.6. The lowest BCUT2D eigenvalue weighted by atomic mass is 10.1. The topological polar surface area (TPSA) is 87.3 Å². The van der Waals surface area contributed by atoms with E-state index < -0.39 is 11.0 Å². The van der Waals surface area contributed by atoms with Crippen LogP contribution in [-0.2, 0) is 15.8 Å². The molecule has 0 radical (unpaired) electrons. The molecule has 6 nitrogen and oxygen atoms in total. The predicted molar refractivity (Wildman–Crippen MR) is 126 cm³/mol. The van der Waals surface area contributed by atoms with Gasteiger partial charge in [-0.15, -0.1) is 11.8 Å². The SMILES string of the molecule is Cc1ccc(NS(=O)c2ccc(NC(=O)c3ccc4c(c3)NC(=O)[C@@H](C)S4)cc2)cc1. The summed E-state index contributed by atoms with van der Waals surface area (Å²) in [5, 5.41) is 5.50. The summed E-state index contributed by atoms with van der Waals surface area (Å²) < 4.78 is 15.5. The fourth-order valence-electron chi connectivity index (χ4n) is 3.00. The Balaban J connectivity index is 1.41. The molecule has 1 aliphatic rings. The molecule has 0 aliphatic carbocycles. The highest BCUT2D eigenvalue weighted by Crippen LogP contribution is 2.36. The summed E-state index contributed by atoms with van der Waals surface area (Å²) in [6.45, 7) is 3.84. The normalized spacial score (nSPS) is 16.1. The Bertz CT molecular complexity index is 1160. The van der Waals surface area contributed by atoms with Crippen molar-refractivity contribution in [2.45, 2.75) is 28.9 Å². The highest BCUT2D eigenvalue weighted by atomic mass is 32.2. The van der Waals surface area contributed by atoms with E-state index in [1.807, 2.05) is 44.2 Å². The molecule has 158 valence electrons. The molecule has 1 aliphatic heterocycles. The standard InChI is InChI=1S/C23H21N3O3S2/c1-14-3-6-18(7-4-14)26-31(29)19-10-8-17(9-11-19)24-23(28)16-5-12-21-20(13-16)25-22(27)15(2)30-21/h3-13,15,26H,1-2H3,(H,24,28)(H,25,27)/t15-,31?/m1/s1. The molecule has 3 aromatic carbocycles. The van der Waals surface area contributed by atoms with Crippen molar-refractivity contribution >= 4 is 51.6 Å². The van der Waals surface area contributed by atoms with Crippen molar-refractivity contribution in [3.05, 3.63) is 77.9 Å². The van der Waals surface area contributed by atoms with Gasteiger partial charge in [0.15, 0.2) is 0 Å². The van der Waals surface area contributed by atoms with Gasteiger partial charge < -0.3 is 15.4 Å². The first-order valence-electron chi connectivity index (χ1n) is 9.67. The van der Waals surface area contributed by atoms with E-state index in [0.717, 1.165) is 16.1 Å². The third-order valence-corrected chi connectivity index (χ3v) is 7.06. The fourth-order valence-corrected chi connectivity index (χ4v) is 4.78. The van der Waals surface area contributed by atoms with Gasteiger partial charge >= 0.3 is 0 Å². The van der Waals surface area contributed by atoms with Gasteiger partial charge in [0.1, 0.15) is 11.0 Å². The van der Waals surface area contributed by atoms with Crippen LogP contribution in [0.25, 0.3) is 0 Å². The number of rotatable bonds is 5. The first-order chi connectivity index (χ1) is 14.9. The van der Waals surface area contributed by atoms with Gasteiger partial charge in [0, 0.05) is 21.8 Å². The number of carbonyl (C=O) groups excluding carboxylic acids is 2. The van der Waals surface area contributed by atoms with E-state index in [2.05, 4.69) is 15.4 Å². The second-order valence-corrected chi connectivity index (χ2v) is 9.77. The maximum Gasteiger partial charge on any atom is 0.255 e. The van der Waals surface area contributed by atoms with Crippen LogP contribution in [0.4, 0.5) is 17.1 Å². The molecule has 3 N–H and O–H groups in total. The van der Waals surface area contributed by atoms with Crippen LogP contribution in [0.2, 0.25) is 0 Å². The molecular weight excluding hydrogens is 430 g/mol. The summed E-state index contributed by atoms with van der Waals surface area (Å²) >= 11 is 1.47. The monoisotopic (exact) mass is 451 g/mol. The summed E-state index contributed by atoms with van der Waals surface area (Å²) in [5.41, 5.74) is 3.59. The smallest absolute Gasteiger partial charge is 0.255 e.